The molecule has 4 nitrogen and oxygen atoms in total. The molecule has 3 aromatic rings. The van der Waals surface area contributed by atoms with E-state index in [1.165, 1.54) is 6.33 Å². The van der Waals surface area contributed by atoms with Crippen LogP contribution in [0.3, 0.4) is 0 Å². The second-order valence-corrected chi connectivity index (χ2v) is 3.99. The maximum atomic E-state index is 11.2. The minimum Gasteiger partial charge on any atom is -0.477 e. The molecule has 0 unspecified atom stereocenters. The molecule has 0 bridgehead atoms. The number of imidazole rings is 1. The number of aromatic nitrogens is 2. The molecule has 3 rings (SSSR count). The number of hydrogen-bond acceptors (Lipinski definition) is 2. The molecule has 4 heteroatoms. The van der Waals surface area contributed by atoms with E-state index in [4.69, 9.17) is 0 Å². The molecule has 0 saturated heterocycles. The van der Waals surface area contributed by atoms with Gasteiger partial charge in [-0.05, 0) is 23.3 Å². The van der Waals surface area contributed by atoms with Gasteiger partial charge in [-0.2, -0.15) is 0 Å². The van der Waals surface area contributed by atoms with E-state index in [-0.39, 0.29) is 5.69 Å². The largest absolute Gasteiger partial charge is 0.477 e. The van der Waals surface area contributed by atoms with Gasteiger partial charge in [-0.1, -0.05) is 30.3 Å². The van der Waals surface area contributed by atoms with E-state index in [9.17, 15) is 9.90 Å². The van der Waals surface area contributed by atoms with Crippen LogP contribution >= 0.6 is 0 Å². The average Bonchev–Trinajstić information content (AvgIpc) is 2.86. The van der Waals surface area contributed by atoms with Crippen molar-refractivity contribution in [2.24, 2.45) is 0 Å². The third kappa shape index (κ3) is 1.64. The summed E-state index contributed by atoms with van der Waals surface area (Å²) < 4.78 is 1.56. The van der Waals surface area contributed by atoms with E-state index in [0.29, 0.717) is 0 Å². The molecule has 0 aliphatic rings. The van der Waals surface area contributed by atoms with E-state index >= 15 is 0 Å². The first-order valence-corrected chi connectivity index (χ1v) is 5.50. The van der Waals surface area contributed by atoms with E-state index in [2.05, 4.69) is 4.98 Å². The Balaban J connectivity index is 2.29. The van der Waals surface area contributed by atoms with Crippen molar-refractivity contribution in [2.45, 2.75) is 0 Å². The van der Waals surface area contributed by atoms with Gasteiger partial charge in [0.05, 0.1) is 18.0 Å². The fourth-order valence-corrected chi connectivity index (χ4v) is 1.99. The van der Waals surface area contributed by atoms with Crippen LogP contribution < -0.4 is 0 Å². The first kappa shape index (κ1) is 10.5. The second kappa shape index (κ2) is 4.00. The van der Waals surface area contributed by atoms with E-state index in [1.807, 2.05) is 36.4 Å². The molecule has 88 valence electrons. The second-order valence-electron chi connectivity index (χ2n) is 3.99. The lowest BCUT2D eigenvalue weighted by Crippen LogP contribution is -2.04. The number of pyridine rings is 1. The van der Waals surface area contributed by atoms with Gasteiger partial charge in [0.2, 0.25) is 0 Å². The summed E-state index contributed by atoms with van der Waals surface area (Å²) in [6.45, 7) is 0. The van der Waals surface area contributed by atoms with Crippen molar-refractivity contribution in [3.63, 3.8) is 0 Å². The Kier molecular flexibility index (Phi) is 2.34. The van der Waals surface area contributed by atoms with E-state index in [1.54, 1.807) is 16.7 Å². The van der Waals surface area contributed by atoms with Crippen LogP contribution in [0, 0.1) is 0 Å². The number of fused-ring (bicyclic) bond motifs is 1. The molecule has 0 atom stereocenters. The van der Waals surface area contributed by atoms with Crippen LogP contribution in [-0.2, 0) is 0 Å². The minimum atomic E-state index is -0.962. The summed E-state index contributed by atoms with van der Waals surface area (Å²) in [5.74, 6) is -0.962. The Morgan fingerprint density at radius 2 is 1.89 bits per heavy atom. The van der Waals surface area contributed by atoms with Crippen molar-refractivity contribution >= 4 is 11.5 Å². The number of rotatable bonds is 2. The van der Waals surface area contributed by atoms with Gasteiger partial charge < -0.3 is 5.11 Å². The normalized spacial score (nSPS) is 10.7. The van der Waals surface area contributed by atoms with Crippen molar-refractivity contribution in [3.8, 4) is 11.1 Å². The predicted octanol–water partition coefficient (Wildman–Crippen LogP) is 2.70. The summed E-state index contributed by atoms with van der Waals surface area (Å²) in [7, 11) is 0. The maximum absolute atomic E-state index is 11.2. The van der Waals surface area contributed by atoms with Crippen LogP contribution in [0.4, 0.5) is 0 Å². The summed E-state index contributed by atoms with van der Waals surface area (Å²) in [6, 6.07) is 13.3. The SMILES string of the molecule is O=C(O)c1cc(-c2ccccc2)cc2cncn12. The first-order chi connectivity index (χ1) is 8.75. The molecule has 0 amide bonds. The summed E-state index contributed by atoms with van der Waals surface area (Å²) in [5, 5.41) is 9.22. The van der Waals surface area contributed by atoms with Gasteiger partial charge in [0.25, 0.3) is 0 Å². The van der Waals surface area contributed by atoms with Gasteiger partial charge in [-0.25, -0.2) is 9.78 Å². The fourth-order valence-electron chi connectivity index (χ4n) is 1.99. The van der Waals surface area contributed by atoms with Crippen LogP contribution in [0.5, 0.6) is 0 Å². The highest BCUT2D eigenvalue weighted by Crippen LogP contribution is 2.22. The van der Waals surface area contributed by atoms with Crippen molar-refractivity contribution in [1.29, 1.82) is 0 Å². The van der Waals surface area contributed by atoms with Crippen LogP contribution in [0.25, 0.3) is 16.6 Å². The number of carboxylic acids is 1. The van der Waals surface area contributed by atoms with Gasteiger partial charge in [-0.3, -0.25) is 4.40 Å². The number of aromatic carboxylic acids is 1. The molecule has 2 aromatic heterocycles. The van der Waals surface area contributed by atoms with Crippen LogP contribution in [-0.4, -0.2) is 20.5 Å². The molecule has 1 aromatic carbocycles. The molecule has 0 saturated carbocycles. The lowest BCUT2D eigenvalue weighted by molar-refractivity contribution is 0.0689. The highest BCUT2D eigenvalue weighted by molar-refractivity contribution is 5.89. The third-order valence-electron chi connectivity index (χ3n) is 2.85. The molecule has 0 radical (unpaired) electrons. The zero-order valence-corrected chi connectivity index (χ0v) is 9.45. The summed E-state index contributed by atoms with van der Waals surface area (Å²) in [6.07, 6.45) is 3.16. The number of nitrogens with zero attached hydrogens (tertiary/aromatic N) is 2. The van der Waals surface area contributed by atoms with Gasteiger partial charge >= 0.3 is 5.97 Å². The molecule has 0 fully saturated rings. The van der Waals surface area contributed by atoms with Crippen LogP contribution in [0.2, 0.25) is 0 Å². The molecule has 0 aliphatic carbocycles. The Morgan fingerprint density at radius 1 is 1.11 bits per heavy atom. The fraction of sp³-hybridized carbons (Fsp3) is 0. The van der Waals surface area contributed by atoms with Crippen molar-refractivity contribution in [1.82, 2.24) is 9.38 Å². The highest BCUT2D eigenvalue weighted by atomic mass is 16.4. The van der Waals surface area contributed by atoms with Gasteiger partial charge in [-0.15, -0.1) is 0 Å². The average molecular weight is 238 g/mol. The quantitative estimate of drug-likeness (QED) is 0.746. The minimum absolute atomic E-state index is 0.212. The lowest BCUT2D eigenvalue weighted by atomic mass is 10.1. The van der Waals surface area contributed by atoms with Crippen LogP contribution in [0.15, 0.2) is 55.0 Å². The number of carboxylic acid groups (broad SMARTS) is 1. The monoisotopic (exact) mass is 238 g/mol. The van der Waals surface area contributed by atoms with E-state index in [0.717, 1.165) is 16.6 Å². The molecule has 2 heterocycles. The van der Waals surface area contributed by atoms with E-state index < -0.39 is 5.97 Å². The maximum Gasteiger partial charge on any atom is 0.352 e. The molecular weight excluding hydrogens is 228 g/mol. The first-order valence-electron chi connectivity index (χ1n) is 5.50. The van der Waals surface area contributed by atoms with Crippen molar-refractivity contribution < 1.29 is 9.90 Å². The zero-order valence-electron chi connectivity index (χ0n) is 9.45. The Bertz CT molecular complexity index is 717. The Morgan fingerprint density at radius 3 is 2.61 bits per heavy atom. The molecule has 18 heavy (non-hydrogen) atoms. The highest BCUT2D eigenvalue weighted by Gasteiger charge is 2.11. The summed E-state index contributed by atoms with van der Waals surface area (Å²) in [4.78, 5) is 15.2. The third-order valence-corrected chi connectivity index (χ3v) is 2.85. The Hall–Kier alpha value is -2.62. The van der Waals surface area contributed by atoms with Crippen molar-refractivity contribution in [2.75, 3.05) is 0 Å². The smallest absolute Gasteiger partial charge is 0.352 e. The molecular formula is C14H10N2O2. The lowest BCUT2D eigenvalue weighted by Gasteiger charge is -2.06. The van der Waals surface area contributed by atoms with Gasteiger partial charge in [0.1, 0.15) is 5.69 Å². The Labute approximate surface area is 103 Å². The molecule has 0 spiro atoms. The van der Waals surface area contributed by atoms with Gasteiger partial charge in [0.15, 0.2) is 0 Å². The molecule has 1 N–H and O–H groups in total. The summed E-state index contributed by atoms with van der Waals surface area (Å²) in [5.41, 5.74) is 2.85. The number of hydrogen-bond donors (Lipinski definition) is 1. The summed E-state index contributed by atoms with van der Waals surface area (Å²) >= 11 is 0. The standard InChI is InChI=1S/C14H10N2O2/c17-14(18)13-7-11(10-4-2-1-3-5-10)6-12-8-15-9-16(12)13/h1-9H,(H,17,18). The number of benzene rings is 1. The predicted molar refractivity (Wildman–Crippen MR) is 67.6 cm³/mol. The number of carbonyl (C=O) groups is 1. The topological polar surface area (TPSA) is 54.6 Å². The van der Waals surface area contributed by atoms with Crippen LogP contribution in [0.1, 0.15) is 10.5 Å². The van der Waals surface area contributed by atoms with Gasteiger partial charge in [0, 0.05) is 0 Å². The van der Waals surface area contributed by atoms with Crippen molar-refractivity contribution in [3.05, 3.63) is 60.7 Å². The molecule has 0 aliphatic heterocycles. The zero-order chi connectivity index (χ0) is 12.5.